The molecule has 0 bridgehead atoms. The third-order valence-corrected chi connectivity index (χ3v) is 1.87. The van der Waals surface area contributed by atoms with E-state index in [1.807, 2.05) is 30.3 Å². The Labute approximate surface area is 104 Å². The van der Waals surface area contributed by atoms with E-state index >= 15 is 0 Å². The van der Waals surface area contributed by atoms with Crippen molar-refractivity contribution in [1.29, 1.82) is 0 Å². The van der Waals surface area contributed by atoms with Gasteiger partial charge >= 0.3 is 0 Å². The van der Waals surface area contributed by atoms with Crippen LogP contribution in [0, 0.1) is 13.8 Å². The van der Waals surface area contributed by atoms with E-state index in [2.05, 4.69) is 37.8 Å². The Morgan fingerprint density at radius 1 is 1.07 bits per heavy atom. The summed E-state index contributed by atoms with van der Waals surface area (Å²) in [5.41, 5.74) is 7.28. The molecule has 0 unspecified atom stereocenters. The van der Waals surface area contributed by atoms with Crippen molar-refractivity contribution in [3.63, 3.8) is 0 Å². The van der Waals surface area contributed by atoms with Crippen molar-refractivity contribution >= 4 is 0 Å². The van der Waals surface area contributed by atoms with E-state index in [0.717, 1.165) is 0 Å². The summed E-state index contributed by atoms with van der Waals surface area (Å²) in [7, 11) is 1.50. The summed E-state index contributed by atoms with van der Waals surface area (Å²) < 4.78 is 0. The number of nitrogens with two attached hydrogens (primary N) is 1. The molecule has 2 aromatic rings. The van der Waals surface area contributed by atoms with Crippen molar-refractivity contribution in [2.75, 3.05) is 7.05 Å². The van der Waals surface area contributed by atoms with E-state index in [9.17, 15) is 0 Å². The third-order valence-electron chi connectivity index (χ3n) is 1.87. The molecule has 0 saturated heterocycles. The molecule has 15 heavy (non-hydrogen) atoms. The first-order chi connectivity index (χ1) is 6.80. The van der Waals surface area contributed by atoms with Gasteiger partial charge < -0.3 is 36.1 Å². The fourth-order valence-corrected chi connectivity index (χ4v) is 0.920. The number of rotatable bonds is 0. The molecule has 0 atom stereocenters. The van der Waals surface area contributed by atoms with Crippen LogP contribution < -0.4 is 5.73 Å². The monoisotopic (exact) mass is 245 g/mol. The second kappa shape index (κ2) is 11.3. The van der Waals surface area contributed by atoms with Gasteiger partial charge in [-0.2, -0.15) is 17.2 Å². The molecule has 2 rings (SSSR count). The van der Waals surface area contributed by atoms with E-state index in [1.165, 1.54) is 18.2 Å². The van der Waals surface area contributed by atoms with Gasteiger partial charge in [0.05, 0.1) is 0 Å². The Kier molecular flexibility index (Phi) is 12.5. The van der Waals surface area contributed by atoms with E-state index in [1.54, 1.807) is 0 Å². The first-order valence-electron chi connectivity index (χ1n) is 4.74. The van der Waals surface area contributed by atoms with Gasteiger partial charge in [-0.1, -0.05) is 13.8 Å². The van der Waals surface area contributed by atoms with E-state index in [4.69, 9.17) is 0 Å². The van der Waals surface area contributed by atoms with Crippen LogP contribution in [0.4, 0.5) is 0 Å². The van der Waals surface area contributed by atoms with Crippen LogP contribution in [-0.2, 0) is 17.1 Å². The first kappa shape index (κ1) is 16.6. The number of aryl methyl sites for hydroxylation is 2. The maximum Gasteiger partial charge on any atom is 0 e. The molecule has 0 spiro atoms. The van der Waals surface area contributed by atoms with Crippen molar-refractivity contribution in [3.05, 3.63) is 59.7 Å². The standard InChI is InChI=1S/C7H9.C5H5.CH5N.Fe/c1-6-4-3-5-7(6)2;1-2-4-5-3-1;1-2;/h3-5H,1-2H3;1-5H;2H2,1H3;/q-1;-5;;. The molecule has 0 aliphatic rings. The average Bonchev–Trinajstić information content (AvgIpc) is 2.86. The second-order valence-electron chi connectivity index (χ2n) is 2.85. The first-order valence-corrected chi connectivity index (χ1v) is 4.74. The van der Waals surface area contributed by atoms with E-state index < -0.39 is 0 Å². The largest absolute Gasteiger partial charge is 0.748 e. The SMILES string of the molecule is CN.Cc1ccc[c-]1C.[Fe].[cH-]1[cH-][cH-][cH-][cH-]1. The molecule has 0 aliphatic heterocycles. The predicted molar refractivity (Wildman–Crippen MR) is 63.7 cm³/mol. The van der Waals surface area contributed by atoms with Crippen LogP contribution in [0.15, 0.2) is 48.5 Å². The van der Waals surface area contributed by atoms with Gasteiger partial charge in [-0.3, -0.25) is 0 Å². The fraction of sp³-hybridized carbons (Fsp3) is 0.231. The van der Waals surface area contributed by atoms with Crippen molar-refractivity contribution in [1.82, 2.24) is 0 Å². The van der Waals surface area contributed by atoms with Crippen LogP contribution in [0.1, 0.15) is 11.1 Å². The van der Waals surface area contributed by atoms with Gasteiger partial charge in [-0.25, -0.2) is 12.1 Å². The molecule has 0 amide bonds. The second-order valence-corrected chi connectivity index (χ2v) is 2.85. The van der Waals surface area contributed by atoms with Crippen LogP contribution in [0.25, 0.3) is 0 Å². The molecule has 0 fully saturated rings. The zero-order valence-corrected chi connectivity index (χ0v) is 10.7. The summed E-state index contributed by atoms with van der Waals surface area (Å²) in [4.78, 5) is 0. The van der Waals surface area contributed by atoms with Gasteiger partial charge in [0.1, 0.15) is 0 Å². The summed E-state index contributed by atoms with van der Waals surface area (Å²) >= 11 is 0. The van der Waals surface area contributed by atoms with Crippen LogP contribution in [0.5, 0.6) is 0 Å². The number of hydrogen-bond donors (Lipinski definition) is 1. The van der Waals surface area contributed by atoms with E-state index in [-0.39, 0.29) is 17.1 Å². The summed E-state index contributed by atoms with van der Waals surface area (Å²) in [5.74, 6) is 0. The molecule has 0 aromatic heterocycles. The van der Waals surface area contributed by atoms with Gasteiger partial charge in [0.25, 0.3) is 0 Å². The topological polar surface area (TPSA) is 26.0 Å². The molecule has 1 nitrogen and oxygen atoms in total. The summed E-state index contributed by atoms with van der Waals surface area (Å²) in [6.45, 7) is 4.24. The van der Waals surface area contributed by atoms with Crippen LogP contribution in [-0.4, -0.2) is 7.05 Å². The van der Waals surface area contributed by atoms with Gasteiger partial charge in [0.2, 0.25) is 0 Å². The van der Waals surface area contributed by atoms with Crippen molar-refractivity contribution in [3.8, 4) is 0 Å². The molecule has 2 aromatic carbocycles. The fourth-order valence-electron chi connectivity index (χ4n) is 0.920. The predicted octanol–water partition coefficient (Wildman–Crippen LogP) is 3.00. The maximum atomic E-state index is 4.50. The van der Waals surface area contributed by atoms with Crippen LogP contribution >= 0.6 is 0 Å². The molecule has 2 N–H and O–H groups in total. The Hall–Kier alpha value is -0.821. The molecular formula is C13H19FeN-6. The Morgan fingerprint density at radius 2 is 1.47 bits per heavy atom. The molecule has 2 heteroatoms. The van der Waals surface area contributed by atoms with Crippen LogP contribution in [0.2, 0.25) is 0 Å². The average molecular weight is 245 g/mol. The molecule has 90 valence electrons. The van der Waals surface area contributed by atoms with E-state index in [0.29, 0.717) is 0 Å². The molecule has 0 aliphatic carbocycles. The smallest absolute Gasteiger partial charge is 0 e. The zero-order chi connectivity index (χ0) is 10.8. The minimum atomic E-state index is 0. The van der Waals surface area contributed by atoms with Gasteiger partial charge in [-0.15, -0.1) is 0 Å². The van der Waals surface area contributed by atoms with Crippen molar-refractivity contribution < 1.29 is 17.1 Å². The third kappa shape index (κ3) is 8.19. The van der Waals surface area contributed by atoms with Gasteiger partial charge in [-0.05, 0) is 7.05 Å². The Morgan fingerprint density at radius 3 is 1.60 bits per heavy atom. The van der Waals surface area contributed by atoms with Crippen LogP contribution in [0.3, 0.4) is 0 Å². The zero-order valence-electron chi connectivity index (χ0n) is 9.55. The molecule has 0 radical (unpaired) electrons. The molecule has 0 heterocycles. The molecule has 0 saturated carbocycles. The quantitative estimate of drug-likeness (QED) is 0.560. The number of hydrogen-bond acceptors (Lipinski definition) is 1. The van der Waals surface area contributed by atoms with Crippen molar-refractivity contribution in [2.24, 2.45) is 5.73 Å². The summed E-state index contributed by atoms with van der Waals surface area (Å²) in [6.07, 6.45) is 0. The Balaban J connectivity index is 0. The normalized spacial score (nSPS) is 7.47. The molecular weight excluding hydrogens is 226 g/mol. The maximum absolute atomic E-state index is 4.50. The summed E-state index contributed by atoms with van der Waals surface area (Å²) in [5, 5.41) is 0. The minimum Gasteiger partial charge on any atom is -0.748 e. The van der Waals surface area contributed by atoms with Gasteiger partial charge in [0.15, 0.2) is 0 Å². The summed E-state index contributed by atoms with van der Waals surface area (Å²) in [6, 6.07) is 16.3. The van der Waals surface area contributed by atoms with Gasteiger partial charge in [0, 0.05) is 17.1 Å². The Bertz CT molecular complexity index is 262. The minimum absolute atomic E-state index is 0. The van der Waals surface area contributed by atoms with Crippen molar-refractivity contribution in [2.45, 2.75) is 13.8 Å².